The number of benzene rings is 2. The van der Waals surface area contributed by atoms with Gasteiger partial charge in [-0.1, -0.05) is 24.3 Å². The van der Waals surface area contributed by atoms with Gasteiger partial charge < -0.3 is 0 Å². The minimum absolute atomic E-state index is 0.0111. The molecule has 2 nitrogen and oxygen atoms in total. The van der Waals surface area contributed by atoms with Gasteiger partial charge in [-0.2, -0.15) is 0 Å². The van der Waals surface area contributed by atoms with Crippen molar-refractivity contribution < 1.29 is 13.6 Å². The maximum Gasteiger partial charge on any atom is 0.168 e. The fourth-order valence-corrected chi connectivity index (χ4v) is 2.16. The Morgan fingerprint density at radius 2 is 1.81 bits per heavy atom. The number of carbonyl (C=O) groups is 1. The minimum atomic E-state index is -0.947. The van der Waals surface area contributed by atoms with Gasteiger partial charge in [0.25, 0.3) is 0 Å². The van der Waals surface area contributed by atoms with Gasteiger partial charge in [0.1, 0.15) is 0 Å². The maximum absolute atomic E-state index is 13.1. The van der Waals surface area contributed by atoms with Crippen molar-refractivity contribution in [1.82, 2.24) is 4.98 Å². The molecule has 0 saturated carbocycles. The van der Waals surface area contributed by atoms with E-state index in [1.54, 1.807) is 6.07 Å². The van der Waals surface area contributed by atoms with Crippen LogP contribution in [0.4, 0.5) is 8.78 Å². The lowest BCUT2D eigenvalue weighted by atomic mass is 10.0. The van der Waals surface area contributed by atoms with Crippen molar-refractivity contribution in [3.05, 3.63) is 77.5 Å². The van der Waals surface area contributed by atoms with Crippen LogP contribution in [0.5, 0.6) is 0 Å². The number of hydrogen-bond acceptors (Lipinski definition) is 2. The van der Waals surface area contributed by atoms with E-state index in [4.69, 9.17) is 0 Å². The second-order valence-corrected chi connectivity index (χ2v) is 4.77. The summed E-state index contributed by atoms with van der Waals surface area (Å²) in [5.74, 6) is -2.05. The van der Waals surface area contributed by atoms with Gasteiger partial charge in [0.15, 0.2) is 17.4 Å². The molecule has 0 aliphatic heterocycles. The van der Waals surface area contributed by atoms with E-state index in [0.29, 0.717) is 11.1 Å². The number of nitrogens with zero attached hydrogens (tertiary/aromatic N) is 1. The Morgan fingerprint density at radius 3 is 2.62 bits per heavy atom. The first-order valence-corrected chi connectivity index (χ1v) is 6.45. The summed E-state index contributed by atoms with van der Waals surface area (Å²) in [7, 11) is 0. The highest BCUT2D eigenvalue weighted by molar-refractivity contribution is 5.99. The number of halogens is 2. The van der Waals surface area contributed by atoms with Gasteiger partial charge in [-0.15, -0.1) is 0 Å². The quantitative estimate of drug-likeness (QED) is 0.681. The first kappa shape index (κ1) is 13.4. The molecule has 3 aromatic rings. The minimum Gasteiger partial charge on any atom is -0.294 e. The molecule has 0 aliphatic rings. The van der Waals surface area contributed by atoms with Gasteiger partial charge in [0, 0.05) is 23.6 Å². The van der Waals surface area contributed by atoms with Crippen LogP contribution in [0.15, 0.2) is 54.7 Å². The number of ketones is 1. The Labute approximate surface area is 120 Å². The molecule has 0 fully saturated rings. The van der Waals surface area contributed by atoms with Gasteiger partial charge in [-0.3, -0.25) is 9.78 Å². The molecule has 0 spiro atoms. The van der Waals surface area contributed by atoms with Gasteiger partial charge >= 0.3 is 0 Å². The highest BCUT2D eigenvalue weighted by Crippen LogP contribution is 2.15. The number of para-hydroxylation sites is 1. The second kappa shape index (κ2) is 5.40. The van der Waals surface area contributed by atoms with Gasteiger partial charge in [-0.25, -0.2) is 8.78 Å². The average molecular weight is 283 g/mol. The predicted molar refractivity (Wildman–Crippen MR) is 76.1 cm³/mol. The molecule has 4 heteroatoms. The standard InChI is InChI=1S/C17H11F2NO/c18-14-6-5-11(7-15(14)19)8-17(21)13-9-12-3-1-2-4-16(12)20-10-13/h1-7,9-10H,8H2. The summed E-state index contributed by atoms with van der Waals surface area (Å²) < 4.78 is 26.0. The molecule has 3 rings (SSSR count). The van der Waals surface area contributed by atoms with E-state index in [2.05, 4.69) is 4.98 Å². The lowest BCUT2D eigenvalue weighted by molar-refractivity contribution is 0.0992. The zero-order valence-electron chi connectivity index (χ0n) is 11.0. The van der Waals surface area contributed by atoms with Crippen molar-refractivity contribution in [2.45, 2.75) is 6.42 Å². The molecule has 0 amide bonds. The molecule has 0 N–H and O–H groups in total. The largest absolute Gasteiger partial charge is 0.294 e. The highest BCUT2D eigenvalue weighted by Gasteiger charge is 2.10. The van der Waals surface area contributed by atoms with Crippen LogP contribution >= 0.6 is 0 Å². The summed E-state index contributed by atoms with van der Waals surface area (Å²) in [6.45, 7) is 0. The average Bonchev–Trinajstić information content (AvgIpc) is 2.50. The monoisotopic (exact) mass is 283 g/mol. The van der Waals surface area contributed by atoms with Crippen LogP contribution in [-0.4, -0.2) is 10.8 Å². The number of hydrogen-bond donors (Lipinski definition) is 0. The van der Waals surface area contributed by atoms with Gasteiger partial charge in [0.05, 0.1) is 5.52 Å². The number of pyridine rings is 1. The third-order valence-corrected chi connectivity index (χ3v) is 3.26. The fraction of sp³-hybridized carbons (Fsp3) is 0.0588. The van der Waals surface area contributed by atoms with E-state index in [-0.39, 0.29) is 12.2 Å². The van der Waals surface area contributed by atoms with Crippen molar-refractivity contribution >= 4 is 16.7 Å². The summed E-state index contributed by atoms with van der Waals surface area (Å²) in [5.41, 5.74) is 1.70. The van der Waals surface area contributed by atoms with Crippen LogP contribution in [0.3, 0.4) is 0 Å². The van der Waals surface area contributed by atoms with E-state index in [0.717, 1.165) is 23.0 Å². The molecule has 0 aliphatic carbocycles. The van der Waals surface area contributed by atoms with E-state index in [9.17, 15) is 13.6 Å². The van der Waals surface area contributed by atoms with E-state index in [1.165, 1.54) is 12.3 Å². The lowest BCUT2D eigenvalue weighted by Crippen LogP contribution is -2.05. The smallest absolute Gasteiger partial charge is 0.168 e. The number of rotatable bonds is 3. The van der Waals surface area contributed by atoms with E-state index >= 15 is 0 Å². The number of Topliss-reactive ketones (excluding diaryl/α,β-unsaturated/α-hetero) is 1. The van der Waals surface area contributed by atoms with Crippen LogP contribution in [0.1, 0.15) is 15.9 Å². The highest BCUT2D eigenvalue weighted by atomic mass is 19.2. The van der Waals surface area contributed by atoms with Crippen LogP contribution in [0.25, 0.3) is 10.9 Å². The van der Waals surface area contributed by atoms with Crippen molar-refractivity contribution in [3.8, 4) is 0 Å². The Balaban J connectivity index is 1.87. The first-order valence-electron chi connectivity index (χ1n) is 6.45. The summed E-state index contributed by atoms with van der Waals surface area (Å²) in [6, 6.07) is 12.7. The molecule has 0 radical (unpaired) electrons. The van der Waals surface area contributed by atoms with Crippen LogP contribution in [-0.2, 0) is 6.42 Å². The van der Waals surface area contributed by atoms with Crippen molar-refractivity contribution in [1.29, 1.82) is 0 Å². The number of carbonyl (C=O) groups excluding carboxylic acids is 1. The summed E-state index contributed by atoms with van der Waals surface area (Å²) >= 11 is 0. The molecule has 0 bridgehead atoms. The second-order valence-electron chi connectivity index (χ2n) is 4.77. The van der Waals surface area contributed by atoms with Gasteiger partial charge in [0.2, 0.25) is 0 Å². The Kier molecular flexibility index (Phi) is 3.44. The van der Waals surface area contributed by atoms with Gasteiger partial charge in [-0.05, 0) is 29.8 Å². The summed E-state index contributed by atoms with van der Waals surface area (Å²) in [4.78, 5) is 16.4. The molecule has 0 saturated heterocycles. The molecular weight excluding hydrogens is 272 g/mol. The number of fused-ring (bicyclic) bond motifs is 1. The van der Waals surface area contributed by atoms with Crippen molar-refractivity contribution in [2.24, 2.45) is 0 Å². The van der Waals surface area contributed by atoms with Crippen molar-refractivity contribution in [3.63, 3.8) is 0 Å². The normalized spacial score (nSPS) is 10.8. The summed E-state index contributed by atoms with van der Waals surface area (Å²) in [6.07, 6.45) is 1.52. The van der Waals surface area contributed by atoms with E-state index < -0.39 is 11.6 Å². The predicted octanol–water partition coefficient (Wildman–Crippen LogP) is 3.94. The zero-order valence-corrected chi connectivity index (χ0v) is 11.0. The molecular formula is C17H11F2NO. The molecule has 2 aromatic carbocycles. The SMILES string of the molecule is O=C(Cc1ccc(F)c(F)c1)c1cnc2ccccc2c1. The molecule has 21 heavy (non-hydrogen) atoms. The fourth-order valence-electron chi connectivity index (χ4n) is 2.16. The Bertz CT molecular complexity index is 830. The molecule has 104 valence electrons. The van der Waals surface area contributed by atoms with Crippen LogP contribution in [0, 0.1) is 11.6 Å². The molecule has 1 aromatic heterocycles. The Morgan fingerprint density at radius 1 is 1.00 bits per heavy atom. The molecule has 1 heterocycles. The van der Waals surface area contributed by atoms with Crippen molar-refractivity contribution in [2.75, 3.05) is 0 Å². The molecule has 0 atom stereocenters. The van der Waals surface area contributed by atoms with Crippen LogP contribution < -0.4 is 0 Å². The first-order chi connectivity index (χ1) is 10.1. The number of aromatic nitrogens is 1. The lowest BCUT2D eigenvalue weighted by Gasteiger charge is -2.04. The third-order valence-electron chi connectivity index (χ3n) is 3.26. The van der Waals surface area contributed by atoms with E-state index in [1.807, 2.05) is 24.3 Å². The maximum atomic E-state index is 13.1. The molecule has 0 unspecified atom stereocenters. The topological polar surface area (TPSA) is 30.0 Å². The third kappa shape index (κ3) is 2.79. The zero-order chi connectivity index (χ0) is 14.8. The van der Waals surface area contributed by atoms with Crippen LogP contribution in [0.2, 0.25) is 0 Å². The summed E-state index contributed by atoms with van der Waals surface area (Å²) in [5, 5.41) is 0.869. The Hall–Kier alpha value is -2.62.